The van der Waals surface area contributed by atoms with Gasteiger partial charge >= 0.3 is 0 Å². The number of carbonyl (C=O) groups is 1. The summed E-state index contributed by atoms with van der Waals surface area (Å²) in [6, 6.07) is 21.7. The van der Waals surface area contributed by atoms with Gasteiger partial charge in [0.2, 0.25) is 10.0 Å². The highest BCUT2D eigenvalue weighted by molar-refractivity contribution is 7.92. The summed E-state index contributed by atoms with van der Waals surface area (Å²) in [4.78, 5) is 13.0. The van der Waals surface area contributed by atoms with Gasteiger partial charge in [-0.3, -0.25) is 9.10 Å². The van der Waals surface area contributed by atoms with Crippen molar-refractivity contribution in [3.05, 3.63) is 106 Å². The minimum atomic E-state index is -3.81. The topological polar surface area (TPSA) is 93.0 Å². The summed E-state index contributed by atoms with van der Waals surface area (Å²) in [5, 5.41) is 5.18. The van der Waals surface area contributed by atoms with Crippen molar-refractivity contribution in [1.82, 2.24) is 9.99 Å². The molecule has 0 aliphatic rings. The zero-order valence-electron chi connectivity index (χ0n) is 22.3. The lowest BCUT2D eigenvalue weighted by molar-refractivity contribution is -0.121. The Bertz CT molecular complexity index is 1650. The van der Waals surface area contributed by atoms with E-state index in [1.807, 2.05) is 54.8 Å². The van der Waals surface area contributed by atoms with E-state index in [0.29, 0.717) is 27.2 Å². The normalized spacial score (nSPS) is 12.3. The summed E-state index contributed by atoms with van der Waals surface area (Å²) in [6.45, 7) is 5.31. The molecular weight excluding hydrogens is 571 g/mol. The third kappa shape index (κ3) is 6.67. The zero-order valence-corrected chi connectivity index (χ0v) is 24.6. The first-order chi connectivity index (χ1) is 19.0. The number of hydrogen-bond acceptors (Lipinski definition) is 5. The van der Waals surface area contributed by atoms with Gasteiger partial charge in [0.25, 0.3) is 5.91 Å². The zero-order chi connectivity index (χ0) is 29.0. The molecule has 0 aliphatic heterocycles. The summed E-state index contributed by atoms with van der Waals surface area (Å²) in [7, 11) is -3.81. The lowest BCUT2D eigenvalue weighted by atomic mass is 10.2. The third-order valence-corrected chi connectivity index (χ3v) is 7.95. The first kappa shape index (κ1) is 29.2. The van der Waals surface area contributed by atoms with Gasteiger partial charge in [-0.05, 0) is 81.4 Å². The average Bonchev–Trinajstić information content (AvgIpc) is 3.18. The molecule has 4 rings (SSSR count). The van der Waals surface area contributed by atoms with Crippen LogP contribution in [0.5, 0.6) is 11.5 Å². The first-order valence-corrected chi connectivity index (χ1v) is 14.9. The quantitative estimate of drug-likeness (QED) is 0.176. The molecule has 3 aromatic carbocycles. The molecule has 40 heavy (non-hydrogen) atoms. The van der Waals surface area contributed by atoms with E-state index in [2.05, 4.69) is 10.5 Å². The second-order valence-corrected chi connectivity index (χ2v) is 11.8. The standard InChI is InChI=1S/C29H28Cl2N4O4S/c1-19-16-22(20(2)34(19)28-17-23(30)10-15-27(28)31)18-32-33-29(36)21(3)35(40(4,37)38)24-11-13-26(14-12-24)39-25-8-6-5-7-9-25/h5-18,21H,1-4H3,(H,33,36)/b32-18-/t21-/m0/s1. The second-order valence-electron chi connectivity index (χ2n) is 9.14. The Morgan fingerprint density at radius 3 is 2.30 bits per heavy atom. The van der Waals surface area contributed by atoms with Crippen molar-refractivity contribution >= 4 is 51.0 Å². The van der Waals surface area contributed by atoms with Crippen LogP contribution in [0.25, 0.3) is 5.69 Å². The Labute approximate surface area is 243 Å². The molecule has 1 heterocycles. The molecule has 11 heteroatoms. The number of rotatable bonds is 9. The van der Waals surface area contributed by atoms with E-state index < -0.39 is 22.0 Å². The fourth-order valence-corrected chi connectivity index (χ4v) is 5.84. The van der Waals surface area contributed by atoms with E-state index >= 15 is 0 Å². The van der Waals surface area contributed by atoms with E-state index in [0.717, 1.165) is 33.2 Å². The molecule has 1 N–H and O–H groups in total. The lowest BCUT2D eigenvalue weighted by Gasteiger charge is -2.27. The third-order valence-electron chi connectivity index (χ3n) is 6.16. The predicted octanol–water partition coefficient (Wildman–Crippen LogP) is 6.50. The SMILES string of the molecule is Cc1cc(/C=N\NC(=O)[C@H](C)N(c2ccc(Oc3ccccc3)cc2)S(C)(=O)=O)c(C)n1-c1cc(Cl)ccc1Cl. The number of sulfonamides is 1. The van der Waals surface area contributed by atoms with Crippen LogP contribution >= 0.6 is 23.2 Å². The number of carbonyl (C=O) groups excluding carboxylic acids is 1. The lowest BCUT2D eigenvalue weighted by Crippen LogP contribution is -2.46. The summed E-state index contributed by atoms with van der Waals surface area (Å²) >= 11 is 12.6. The molecule has 8 nitrogen and oxygen atoms in total. The maximum absolute atomic E-state index is 13.0. The van der Waals surface area contributed by atoms with Gasteiger partial charge in [0, 0.05) is 22.0 Å². The van der Waals surface area contributed by atoms with Crippen LogP contribution in [0.2, 0.25) is 10.0 Å². The molecule has 208 valence electrons. The second kappa shape index (κ2) is 12.2. The number of ether oxygens (including phenoxy) is 1. The first-order valence-electron chi connectivity index (χ1n) is 12.3. The average molecular weight is 600 g/mol. The molecule has 0 saturated carbocycles. The highest BCUT2D eigenvalue weighted by atomic mass is 35.5. The summed E-state index contributed by atoms with van der Waals surface area (Å²) in [5.41, 5.74) is 5.98. The highest BCUT2D eigenvalue weighted by Gasteiger charge is 2.29. The number of nitrogens with one attached hydrogen (secondary N) is 1. The van der Waals surface area contributed by atoms with Crippen LogP contribution in [0.15, 0.2) is 84.0 Å². The van der Waals surface area contributed by atoms with Gasteiger partial charge in [0.05, 0.1) is 28.9 Å². The van der Waals surface area contributed by atoms with E-state index in [-0.39, 0.29) is 0 Å². The van der Waals surface area contributed by atoms with Crippen molar-refractivity contribution in [1.29, 1.82) is 0 Å². The summed E-state index contributed by atoms with van der Waals surface area (Å²) in [6.07, 6.45) is 2.55. The number of aryl methyl sites for hydroxylation is 1. The van der Waals surface area contributed by atoms with Crippen LogP contribution in [0, 0.1) is 13.8 Å². The maximum atomic E-state index is 13.0. The number of anilines is 1. The van der Waals surface area contributed by atoms with Crippen LogP contribution in [0.1, 0.15) is 23.9 Å². The van der Waals surface area contributed by atoms with Crippen LogP contribution in [-0.2, 0) is 14.8 Å². The number of aromatic nitrogens is 1. The van der Waals surface area contributed by atoms with Gasteiger partial charge in [-0.1, -0.05) is 41.4 Å². The molecule has 0 spiro atoms. The molecule has 1 aromatic heterocycles. The van der Waals surface area contributed by atoms with E-state index in [4.69, 9.17) is 27.9 Å². The molecule has 0 fully saturated rings. The van der Waals surface area contributed by atoms with Crippen molar-refractivity contribution in [3.63, 3.8) is 0 Å². The van der Waals surface area contributed by atoms with Gasteiger partial charge in [-0.25, -0.2) is 13.8 Å². The predicted molar refractivity (Wildman–Crippen MR) is 161 cm³/mol. The number of para-hydroxylation sites is 1. The number of amides is 1. The molecule has 1 amide bonds. The van der Waals surface area contributed by atoms with Crippen molar-refractivity contribution in [2.24, 2.45) is 5.10 Å². The Morgan fingerprint density at radius 1 is 1.00 bits per heavy atom. The van der Waals surface area contributed by atoms with Crippen molar-refractivity contribution in [3.8, 4) is 17.2 Å². The number of benzene rings is 3. The van der Waals surface area contributed by atoms with Crippen molar-refractivity contribution < 1.29 is 17.9 Å². The van der Waals surface area contributed by atoms with Gasteiger partial charge in [-0.2, -0.15) is 5.10 Å². The monoisotopic (exact) mass is 598 g/mol. The minimum absolute atomic E-state index is 0.316. The fraction of sp³-hybridized carbons (Fsp3) is 0.172. The molecule has 0 bridgehead atoms. The van der Waals surface area contributed by atoms with Crippen molar-refractivity contribution in [2.75, 3.05) is 10.6 Å². The van der Waals surface area contributed by atoms with Crippen LogP contribution < -0.4 is 14.5 Å². The fourth-order valence-electron chi connectivity index (χ4n) is 4.30. The van der Waals surface area contributed by atoms with Gasteiger partial charge in [0.15, 0.2) is 0 Å². The molecule has 0 unspecified atom stereocenters. The number of nitrogens with zero attached hydrogens (tertiary/aromatic N) is 3. The van der Waals surface area contributed by atoms with Gasteiger partial charge in [-0.15, -0.1) is 0 Å². The van der Waals surface area contributed by atoms with Gasteiger partial charge in [0.1, 0.15) is 17.5 Å². The van der Waals surface area contributed by atoms with Crippen LogP contribution in [-0.4, -0.2) is 37.4 Å². The van der Waals surface area contributed by atoms with E-state index in [1.165, 1.54) is 13.1 Å². The van der Waals surface area contributed by atoms with E-state index in [1.54, 1.807) is 42.5 Å². The highest BCUT2D eigenvalue weighted by Crippen LogP contribution is 2.29. The molecule has 0 saturated heterocycles. The largest absolute Gasteiger partial charge is 0.457 e. The molecule has 0 radical (unpaired) electrons. The van der Waals surface area contributed by atoms with Crippen LogP contribution in [0.3, 0.4) is 0 Å². The minimum Gasteiger partial charge on any atom is -0.457 e. The Kier molecular flexibility index (Phi) is 8.88. The smallest absolute Gasteiger partial charge is 0.263 e. The molecule has 0 aliphatic carbocycles. The van der Waals surface area contributed by atoms with Crippen LogP contribution in [0.4, 0.5) is 5.69 Å². The Hall–Kier alpha value is -3.79. The summed E-state index contributed by atoms with van der Waals surface area (Å²) < 4.78 is 34.1. The Balaban J connectivity index is 1.49. The number of hydrogen-bond donors (Lipinski definition) is 1. The molecule has 4 aromatic rings. The van der Waals surface area contributed by atoms with Gasteiger partial charge < -0.3 is 9.30 Å². The molecule has 1 atom stereocenters. The Morgan fingerprint density at radius 2 is 1.65 bits per heavy atom. The number of halogens is 2. The maximum Gasteiger partial charge on any atom is 0.263 e. The van der Waals surface area contributed by atoms with E-state index in [9.17, 15) is 13.2 Å². The number of hydrazone groups is 1. The van der Waals surface area contributed by atoms with Crippen molar-refractivity contribution in [2.45, 2.75) is 26.8 Å². The molecular formula is C29H28Cl2N4O4S. The summed E-state index contributed by atoms with van der Waals surface area (Å²) in [5.74, 6) is 0.581.